The summed E-state index contributed by atoms with van der Waals surface area (Å²) in [4.78, 5) is 20.4. The van der Waals surface area contributed by atoms with Crippen LogP contribution in [-0.2, 0) is 18.3 Å². The molecule has 3 aliphatic carbocycles. The maximum atomic E-state index is 12.9. The van der Waals surface area contributed by atoms with Crippen LogP contribution in [0.4, 0.5) is 5.69 Å². The van der Waals surface area contributed by atoms with E-state index in [0.717, 1.165) is 65.3 Å². The number of halogens is 1. The van der Waals surface area contributed by atoms with Gasteiger partial charge in [0.2, 0.25) is 0 Å². The number of hydrogen-bond acceptors (Lipinski definition) is 6. The highest BCUT2D eigenvalue weighted by molar-refractivity contribution is 6.24. The van der Waals surface area contributed by atoms with Crippen LogP contribution in [-0.4, -0.2) is 50.7 Å². The van der Waals surface area contributed by atoms with Crippen LogP contribution in [0.3, 0.4) is 0 Å². The van der Waals surface area contributed by atoms with Crippen LogP contribution in [0.2, 0.25) is 0 Å². The van der Waals surface area contributed by atoms with Gasteiger partial charge in [0.1, 0.15) is 0 Å². The summed E-state index contributed by atoms with van der Waals surface area (Å²) in [5, 5.41) is 27.7. The molecule has 4 atom stereocenters. The molecule has 2 fully saturated rings. The summed E-state index contributed by atoms with van der Waals surface area (Å²) < 4.78 is 6.62. The summed E-state index contributed by atoms with van der Waals surface area (Å²) in [7, 11) is 0. The second kappa shape index (κ2) is 6.52. The van der Waals surface area contributed by atoms with Crippen LogP contribution >= 0.6 is 12.4 Å². The number of piperidine rings is 1. The Balaban J connectivity index is 0.00000205. The number of likely N-dealkylation sites (tertiary alicyclic amines) is 1. The Bertz CT molecular complexity index is 1540. The van der Waals surface area contributed by atoms with E-state index in [1.54, 1.807) is 6.07 Å². The standard InChI is InChI=1S/C28H25N3O4.ClH/c32-18-7-6-14-10-19-28(34)11-16-22-20-15(26(33)30-22)2-1-3-17(20)29-23(16)25-27(28,21(14)24(18)35-25)8-9-31(19)12-13-4-5-13;/h1-3,6-7,13,19,25,32,34H,4-5,8-12H2,(H,30,33);1H/t19-,25-,27-,28+;/m0./s1. The second-order valence-electron chi connectivity index (χ2n) is 11.4. The average Bonchev–Trinajstić information content (AvgIpc) is 3.49. The Labute approximate surface area is 213 Å². The number of amides is 1. The van der Waals surface area contributed by atoms with Crippen molar-refractivity contribution >= 4 is 34.9 Å². The number of fused-ring (bicyclic) bond motifs is 3. The quantitative estimate of drug-likeness (QED) is 0.494. The summed E-state index contributed by atoms with van der Waals surface area (Å²) in [6, 6.07) is 9.34. The van der Waals surface area contributed by atoms with Gasteiger partial charge in [0, 0.05) is 35.5 Å². The lowest BCUT2D eigenvalue weighted by atomic mass is 9.48. The van der Waals surface area contributed by atoms with Gasteiger partial charge in [0.25, 0.3) is 5.91 Å². The number of hydrogen-bond donors (Lipinski definition) is 3. The molecule has 0 unspecified atom stereocenters. The minimum Gasteiger partial charge on any atom is -0.504 e. The van der Waals surface area contributed by atoms with Crippen LogP contribution in [0.5, 0.6) is 11.5 Å². The van der Waals surface area contributed by atoms with Gasteiger partial charge in [-0.1, -0.05) is 12.1 Å². The first-order valence-electron chi connectivity index (χ1n) is 12.7. The number of phenols is 1. The minimum atomic E-state index is -1.09. The topological polar surface area (TPSA) is 94.9 Å². The van der Waals surface area contributed by atoms with Gasteiger partial charge >= 0.3 is 0 Å². The van der Waals surface area contributed by atoms with E-state index in [0.29, 0.717) is 17.7 Å². The number of benzene rings is 2. The SMILES string of the molecule is Cl.O=C1Nc2c3c(nc4cccc1c24)[C@@H]1Oc2c(O)ccc4c2[C@@]12CCN(CC1CC1)[C@@H](C4)[C@]2(O)C3. The number of carbonyl (C=O) groups is 1. The number of nitrogens with one attached hydrogen (secondary N) is 1. The maximum Gasteiger partial charge on any atom is 0.256 e. The molecule has 1 saturated carbocycles. The summed E-state index contributed by atoms with van der Waals surface area (Å²) in [6.45, 7) is 1.92. The number of carbonyl (C=O) groups excluding carboxylic acids is 1. The van der Waals surface area contributed by atoms with Gasteiger partial charge in [-0.3, -0.25) is 9.69 Å². The van der Waals surface area contributed by atoms with E-state index in [9.17, 15) is 15.0 Å². The molecule has 4 heterocycles. The van der Waals surface area contributed by atoms with E-state index in [1.165, 1.54) is 18.4 Å². The molecular weight excluding hydrogens is 478 g/mol. The molecular formula is C28H26ClN3O4. The molecule has 0 radical (unpaired) electrons. The van der Waals surface area contributed by atoms with E-state index in [1.807, 2.05) is 24.3 Å². The van der Waals surface area contributed by atoms with Gasteiger partial charge < -0.3 is 20.3 Å². The van der Waals surface area contributed by atoms with Gasteiger partial charge in [0.05, 0.1) is 33.5 Å². The zero-order valence-corrected chi connectivity index (χ0v) is 20.4. The lowest BCUT2D eigenvalue weighted by molar-refractivity contribution is -0.173. The zero-order chi connectivity index (χ0) is 23.3. The number of anilines is 1. The molecule has 36 heavy (non-hydrogen) atoms. The van der Waals surface area contributed by atoms with Crippen molar-refractivity contribution in [2.24, 2.45) is 5.92 Å². The molecule has 3 aromatic rings. The number of ether oxygens (including phenoxy) is 1. The van der Waals surface area contributed by atoms with Crippen molar-refractivity contribution in [3.05, 3.63) is 58.3 Å². The Morgan fingerprint density at radius 2 is 2.08 bits per heavy atom. The van der Waals surface area contributed by atoms with Gasteiger partial charge in [-0.05, 0) is 61.9 Å². The van der Waals surface area contributed by atoms with E-state index in [2.05, 4.69) is 10.2 Å². The molecule has 2 bridgehead atoms. The summed E-state index contributed by atoms with van der Waals surface area (Å²) in [5.74, 6) is 1.23. The predicted octanol–water partition coefficient (Wildman–Crippen LogP) is 3.63. The number of aromatic nitrogens is 1. The van der Waals surface area contributed by atoms with Crippen LogP contribution in [0.15, 0.2) is 30.3 Å². The summed E-state index contributed by atoms with van der Waals surface area (Å²) in [5.41, 5.74) is 4.23. The molecule has 2 aromatic carbocycles. The fourth-order valence-electron chi connectivity index (χ4n) is 8.20. The van der Waals surface area contributed by atoms with Crippen molar-refractivity contribution in [3.8, 4) is 11.5 Å². The lowest BCUT2D eigenvalue weighted by Crippen LogP contribution is -2.74. The van der Waals surface area contributed by atoms with Crippen molar-refractivity contribution in [3.63, 3.8) is 0 Å². The first kappa shape index (κ1) is 21.2. The van der Waals surface area contributed by atoms with Crippen molar-refractivity contribution in [1.82, 2.24) is 9.88 Å². The smallest absolute Gasteiger partial charge is 0.256 e. The summed E-state index contributed by atoms with van der Waals surface area (Å²) in [6.07, 6.45) is 3.92. The first-order valence-corrected chi connectivity index (χ1v) is 12.7. The van der Waals surface area contributed by atoms with Gasteiger partial charge in [-0.25, -0.2) is 4.98 Å². The Morgan fingerprint density at radius 3 is 2.92 bits per heavy atom. The number of nitrogens with zero attached hydrogens (tertiary/aromatic N) is 2. The monoisotopic (exact) mass is 503 g/mol. The van der Waals surface area contributed by atoms with Crippen molar-refractivity contribution in [2.75, 3.05) is 18.4 Å². The molecule has 9 rings (SSSR count). The van der Waals surface area contributed by atoms with Crippen molar-refractivity contribution in [1.29, 1.82) is 0 Å². The van der Waals surface area contributed by atoms with E-state index >= 15 is 0 Å². The molecule has 7 nitrogen and oxygen atoms in total. The Morgan fingerprint density at radius 1 is 1.22 bits per heavy atom. The lowest BCUT2D eigenvalue weighted by Gasteiger charge is -2.63. The van der Waals surface area contributed by atoms with E-state index < -0.39 is 17.1 Å². The molecule has 3 aliphatic heterocycles. The average molecular weight is 504 g/mol. The Hall–Kier alpha value is -2.87. The normalized spacial score (nSPS) is 32.4. The molecule has 1 amide bonds. The van der Waals surface area contributed by atoms with Crippen LogP contribution in [0.25, 0.3) is 10.9 Å². The third-order valence-corrected chi connectivity index (χ3v) is 9.84. The predicted molar refractivity (Wildman–Crippen MR) is 135 cm³/mol. The highest BCUT2D eigenvalue weighted by atomic mass is 35.5. The number of rotatable bonds is 2. The van der Waals surface area contributed by atoms with Gasteiger partial charge in [-0.15, -0.1) is 12.4 Å². The molecule has 3 N–H and O–H groups in total. The van der Waals surface area contributed by atoms with Crippen LogP contribution in [0.1, 0.15) is 58.1 Å². The molecule has 1 saturated heterocycles. The molecule has 184 valence electrons. The van der Waals surface area contributed by atoms with Crippen molar-refractivity contribution < 1.29 is 19.7 Å². The third-order valence-electron chi connectivity index (χ3n) is 9.84. The highest BCUT2D eigenvalue weighted by Gasteiger charge is 2.73. The third kappa shape index (κ3) is 2.21. The molecule has 1 aromatic heterocycles. The fourth-order valence-corrected chi connectivity index (χ4v) is 8.20. The number of aromatic hydroxyl groups is 1. The highest BCUT2D eigenvalue weighted by Crippen LogP contribution is 2.69. The maximum absolute atomic E-state index is 12.9. The zero-order valence-electron chi connectivity index (χ0n) is 19.6. The van der Waals surface area contributed by atoms with Gasteiger partial charge in [0.15, 0.2) is 17.6 Å². The molecule has 8 heteroatoms. The Kier molecular flexibility index (Phi) is 3.84. The van der Waals surface area contributed by atoms with E-state index in [4.69, 9.17) is 9.72 Å². The number of pyridine rings is 1. The van der Waals surface area contributed by atoms with Crippen LogP contribution in [0, 0.1) is 5.92 Å². The second-order valence-corrected chi connectivity index (χ2v) is 11.4. The van der Waals surface area contributed by atoms with Crippen LogP contribution < -0.4 is 10.1 Å². The fraction of sp³-hybridized carbons (Fsp3) is 0.429. The minimum absolute atomic E-state index is 0. The molecule has 6 aliphatic rings. The molecule has 1 spiro atoms. The van der Waals surface area contributed by atoms with Crippen molar-refractivity contribution in [2.45, 2.75) is 55.3 Å². The van der Waals surface area contributed by atoms with E-state index in [-0.39, 0.29) is 30.1 Å². The largest absolute Gasteiger partial charge is 0.504 e. The number of phenolic OH excluding ortho intramolecular Hbond substituents is 1. The number of aliphatic hydroxyl groups is 1. The first-order chi connectivity index (χ1) is 17.0. The summed E-state index contributed by atoms with van der Waals surface area (Å²) >= 11 is 0. The van der Waals surface area contributed by atoms with Gasteiger partial charge in [-0.2, -0.15) is 0 Å².